The van der Waals surface area contributed by atoms with Crippen molar-refractivity contribution in [2.24, 2.45) is 0 Å². The smallest absolute Gasteiger partial charge is 0.274 e. The van der Waals surface area contributed by atoms with Crippen LogP contribution in [0, 0.1) is 0 Å². The molecule has 2 unspecified atom stereocenters. The number of para-hydroxylation sites is 1. The molecule has 6 heteroatoms. The normalized spacial score (nSPS) is 21.2. The Morgan fingerprint density at radius 3 is 2.44 bits per heavy atom. The third-order valence-corrected chi connectivity index (χ3v) is 6.79. The minimum Gasteiger partial charge on any atom is -0.497 e. The highest BCUT2D eigenvalue weighted by atomic mass is 16.5. The summed E-state index contributed by atoms with van der Waals surface area (Å²) in [4.78, 5) is 18.1. The molecule has 0 saturated carbocycles. The molecule has 2 fully saturated rings. The number of methoxy groups -OCH3 is 1. The molecule has 2 aliphatic rings. The van der Waals surface area contributed by atoms with E-state index < -0.39 is 0 Å². The maximum absolute atomic E-state index is 13.6. The summed E-state index contributed by atoms with van der Waals surface area (Å²) in [6, 6.07) is 20.5. The first-order chi connectivity index (χ1) is 15.6. The number of carbonyl (C=O) groups excluding carboxylic acids is 1. The number of aromatic nitrogens is 2. The molecule has 2 aliphatic heterocycles. The number of hydrogen-bond acceptors (Lipinski definition) is 4. The second kappa shape index (κ2) is 8.79. The van der Waals surface area contributed by atoms with Gasteiger partial charge in [0.1, 0.15) is 5.75 Å². The fourth-order valence-electron chi connectivity index (χ4n) is 5.02. The van der Waals surface area contributed by atoms with E-state index in [4.69, 9.17) is 9.84 Å². The molecule has 0 spiro atoms. The summed E-state index contributed by atoms with van der Waals surface area (Å²) in [5, 5.41) is 4.78. The standard InChI is InChI=1S/C26H30N4O2/c1-19-16-22(28-14-6-7-15-28)18-29(19)26(31)24-17-25(20-10-12-23(32-2)13-11-20)30(27-24)21-8-4-3-5-9-21/h3-5,8-13,17,19,22H,6-7,14-16,18H2,1-2H3. The Labute approximate surface area is 189 Å². The summed E-state index contributed by atoms with van der Waals surface area (Å²) in [6.07, 6.45) is 3.58. The summed E-state index contributed by atoms with van der Waals surface area (Å²) in [5.74, 6) is 0.818. The first-order valence-corrected chi connectivity index (χ1v) is 11.5. The van der Waals surface area contributed by atoms with Gasteiger partial charge in [-0.05, 0) is 81.7 Å². The average Bonchev–Trinajstić information content (AvgIpc) is 3.59. The third kappa shape index (κ3) is 3.91. The zero-order valence-electron chi connectivity index (χ0n) is 18.8. The van der Waals surface area contributed by atoms with Crippen molar-refractivity contribution in [1.82, 2.24) is 19.6 Å². The maximum Gasteiger partial charge on any atom is 0.274 e. The Morgan fingerprint density at radius 1 is 1.03 bits per heavy atom. The molecular weight excluding hydrogens is 400 g/mol. The van der Waals surface area contributed by atoms with Gasteiger partial charge in [-0.3, -0.25) is 9.69 Å². The van der Waals surface area contributed by atoms with Crippen LogP contribution in [-0.4, -0.2) is 64.3 Å². The van der Waals surface area contributed by atoms with Crippen molar-refractivity contribution in [2.75, 3.05) is 26.7 Å². The summed E-state index contributed by atoms with van der Waals surface area (Å²) < 4.78 is 7.18. The fourth-order valence-corrected chi connectivity index (χ4v) is 5.02. The first-order valence-electron chi connectivity index (χ1n) is 11.5. The molecule has 1 amide bonds. The van der Waals surface area contributed by atoms with Gasteiger partial charge in [0.2, 0.25) is 0 Å². The van der Waals surface area contributed by atoms with Gasteiger partial charge in [-0.2, -0.15) is 5.10 Å². The lowest BCUT2D eigenvalue weighted by Crippen LogP contribution is -2.38. The van der Waals surface area contributed by atoms with Crippen molar-refractivity contribution in [2.45, 2.75) is 38.3 Å². The predicted molar refractivity (Wildman–Crippen MR) is 125 cm³/mol. The highest BCUT2D eigenvalue weighted by Gasteiger charge is 2.37. The number of rotatable bonds is 5. The SMILES string of the molecule is COc1ccc(-c2cc(C(=O)N3CC(N4CCCC4)CC3C)nn2-c2ccccc2)cc1. The molecule has 0 bridgehead atoms. The Bertz CT molecular complexity index is 1070. The van der Waals surface area contributed by atoms with Crippen LogP contribution in [0.4, 0.5) is 0 Å². The molecule has 0 aliphatic carbocycles. The van der Waals surface area contributed by atoms with Crippen molar-refractivity contribution in [3.63, 3.8) is 0 Å². The van der Waals surface area contributed by atoms with Crippen molar-refractivity contribution in [3.05, 3.63) is 66.4 Å². The number of carbonyl (C=O) groups is 1. The zero-order valence-corrected chi connectivity index (χ0v) is 18.8. The molecule has 3 aromatic rings. The van der Waals surface area contributed by atoms with Crippen LogP contribution in [0.15, 0.2) is 60.7 Å². The van der Waals surface area contributed by atoms with Crippen molar-refractivity contribution in [1.29, 1.82) is 0 Å². The van der Waals surface area contributed by atoms with Crippen molar-refractivity contribution in [3.8, 4) is 22.7 Å². The summed E-state index contributed by atoms with van der Waals surface area (Å²) >= 11 is 0. The van der Waals surface area contributed by atoms with Gasteiger partial charge in [-0.15, -0.1) is 0 Å². The summed E-state index contributed by atoms with van der Waals surface area (Å²) in [5.41, 5.74) is 3.31. The van der Waals surface area contributed by atoms with Gasteiger partial charge in [-0.25, -0.2) is 4.68 Å². The van der Waals surface area contributed by atoms with E-state index >= 15 is 0 Å². The predicted octanol–water partition coefficient (Wildman–Crippen LogP) is 4.25. The van der Waals surface area contributed by atoms with E-state index in [1.165, 1.54) is 12.8 Å². The van der Waals surface area contributed by atoms with Gasteiger partial charge in [0.25, 0.3) is 5.91 Å². The summed E-state index contributed by atoms with van der Waals surface area (Å²) in [7, 11) is 1.66. The number of ether oxygens (including phenoxy) is 1. The first kappa shape index (κ1) is 20.8. The lowest BCUT2D eigenvalue weighted by molar-refractivity contribution is 0.0731. The van der Waals surface area contributed by atoms with Crippen LogP contribution >= 0.6 is 0 Å². The highest BCUT2D eigenvalue weighted by Crippen LogP contribution is 2.29. The quantitative estimate of drug-likeness (QED) is 0.607. The maximum atomic E-state index is 13.6. The largest absolute Gasteiger partial charge is 0.497 e. The minimum atomic E-state index is 0.0173. The van der Waals surface area contributed by atoms with Gasteiger partial charge >= 0.3 is 0 Å². The minimum absolute atomic E-state index is 0.0173. The summed E-state index contributed by atoms with van der Waals surface area (Å²) in [6.45, 7) is 5.26. The molecule has 166 valence electrons. The van der Waals surface area contributed by atoms with E-state index in [1.54, 1.807) is 7.11 Å². The van der Waals surface area contributed by atoms with Gasteiger partial charge < -0.3 is 9.64 Å². The van der Waals surface area contributed by atoms with E-state index in [-0.39, 0.29) is 11.9 Å². The number of hydrogen-bond donors (Lipinski definition) is 0. The van der Waals surface area contributed by atoms with E-state index in [2.05, 4.69) is 11.8 Å². The van der Waals surface area contributed by atoms with Crippen LogP contribution in [0.25, 0.3) is 16.9 Å². The number of nitrogens with zero attached hydrogens (tertiary/aromatic N) is 4. The number of likely N-dealkylation sites (tertiary alicyclic amines) is 2. The van der Waals surface area contributed by atoms with Crippen LogP contribution in [0.3, 0.4) is 0 Å². The third-order valence-electron chi connectivity index (χ3n) is 6.79. The second-order valence-corrected chi connectivity index (χ2v) is 8.83. The Hall–Kier alpha value is -3.12. The van der Waals surface area contributed by atoms with E-state index in [0.717, 1.165) is 48.7 Å². The Balaban J connectivity index is 1.47. The molecule has 32 heavy (non-hydrogen) atoms. The molecule has 0 radical (unpaired) electrons. The molecule has 2 atom stereocenters. The van der Waals surface area contributed by atoms with Crippen molar-refractivity contribution >= 4 is 5.91 Å². The molecule has 3 heterocycles. The topological polar surface area (TPSA) is 50.6 Å². The van der Waals surface area contributed by atoms with Crippen LogP contribution in [0.5, 0.6) is 5.75 Å². The highest BCUT2D eigenvalue weighted by molar-refractivity contribution is 5.94. The van der Waals surface area contributed by atoms with Crippen LogP contribution in [0.1, 0.15) is 36.7 Å². The van der Waals surface area contributed by atoms with E-state index in [0.29, 0.717) is 11.7 Å². The van der Waals surface area contributed by atoms with E-state index in [9.17, 15) is 4.79 Å². The second-order valence-electron chi connectivity index (χ2n) is 8.83. The van der Waals surface area contributed by atoms with Gasteiger partial charge in [0.15, 0.2) is 5.69 Å². The van der Waals surface area contributed by atoms with Crippen LogP contribution in [-0.2, 0) is 0 Å². The lowest BCUT2D eigenvalue weighted by atomic mass is 10.1. The molecule has 5 rings (SSSR count). The van der Waals surface area contributed by atoms with E-state index in [1.807, 2.05) is 70.2 Å². The molecule has 2 saturated heterocycles. The van der Waals surface area contributed by atoms with Gasteiger partial charge in [-0.1, -0.05) is 18.2 Å². The van der Waals surface area contributed by atoms with Crippen LogP contribution < -0.4 is 4.74 Å². The lowest BCUT2D eigenvalue weighted by Gasteiger charge is -2.23. The molecule has 1 aromatic heterocycles. The number of amides is 1. The fraction of sp³-hybridized carbons (Fsp3) is 0.385. The number of benzene rings is 2. The van der Waals surface area contributed by atoms with Gasteiger partial charge in [0.05, 0.1) is 18.5 Å². The Kier molecular flexibility index (Phi) is 5.70. The zero-order chi connectivity index (χ0) is 22.1. The molecule has 6 nitrogen and oxygen atoms in total. The van der Waals surface area contributed by atoms with Crippen molar-refractivity contribution < 1.29 is 9.53 Å². The van der Waals surface area contributed by atoms with Crippen LogP contribution in [0.2, 0.25) is 0 Å². The monoisotopic (exact) mass is 430 g/mol. The molecule has 0 N–H and O–H groups in total. The molecule has 2 aromatic carbocycles. The average molecular weight is 431 g/mol. The Morgan fingerprint density at radius 2 is 1.75 bits per heavy atom. The van der Waals surface area contributed by atoms with Gasteiger partial charge in [0, 0.05) is 24.2 Å². The molecular formula is C26H30N4O2.